The van der Waals surface area contributed by atoms with Crippen LogP contribution in [0, 0.1) is 6.92 Å². The van der Waals surface area contributed by atoms with Crippen molar-refractivity contribution >= 4 is 16.5 Å². The summed E-state index contributed by atoms with van der Waals surface area (Å²) in [4.78, 5) is 6.15. The van der Waals surface area contributed by atoms with Gasteiger partial charge >= 0.3 is 0 Å². The lowest BCUT2D eigenvalue weighted by molar-refractivity contribution is 0.636. The van der Waals surface area contributed by atoms with Crippen LogP contribution in [0.1, 0.15) is 11.4 Å². The van der Waals surface area contributed by atoms with Gasteiger partial charge in [-0.05, 0) is 13.3 Å². The molecule has 2 aromatic rings. The first-order chi connectivity index (χ1) is 7.75. The van der Waals surface area contributed by atoms with Crippen LogP contribution in [-0.2, 0) is 6.54 Å². The molecule has 0 saturated carbocycles. The van der Waals surface area contributed by atoms with Gasteiger partial charge in [-0.15, -0.1) is 10.2 Å². The smallest absolute Gasteiger partial charge is 0.208 e. The molecule has 0 bridgehead atoms. The van der Waals surface area contributed by atoms with E-state index in [4.69, 9.17) is 0 Å². The second-order valence-electron chi connectivity index (χ2n) is 3.68. The molecular weight excluding hydrogens is 222 g/mol. The van der Waals surface area contributed by atoms with E-state index in [9.17, 15) is 0 Å². The summed E-state index contributed by atoms with van der Waals surface area (Å²) in [5.74, 6) is 0. The molecule has 2 heterocycles. The van der Waals surface area contributed by atoms with E-state index >= 15 is 0 Å². The Morgan fingerprint density at radius 3 is 2.94 bits per heavy atom. The average Bonchev–Trinajstić information content (AvgIpc) is 2.89. The summed E-state index contributed by atoms with van der Waals surface area (Å²) in [6.07, 6.45) is 6.70. The van der Waals surface area contributed by atoms with Gasteiger partial charge in [0.15, 0.2) is 0 Å². The summed E-state index contributed by atoms with van der Waals surface area (Å²) in [6.45, 7) is 3.94. The van der Waals surface area contributed by atoms with E-state index in [2.05, 4.69) is 24.6 Å². The molecule has 0 amide bonds. The van der Waals surface area contributed by atoms with Gasteiger partial charge in [-0.2, -0.15) is 0 Å². The highest BCUT2D eigenvalue weighted by atomic mass is 32.1. The normalized spacial score (nSPS) is 10.6. The standard InChI is InChI=1S/C10H15N5S/c1-9-12-13-10(16-9)14(2)5-3-6-15-7-4-11-8-15/h4,7-8H,3,5-6H2,1-2H3. The third-order valence-electron chi connectivity index (χ3n) is 2.31. The highest BCUT2D eigenvalue weighted by molar-refractivity contribution is 7.15. The SMILES string of the molecule is Cc1nnc(N(C)CCCn2ccnc2)s1. The van der Waals surface area contributed by atoms with Gasteiger partial charge in [0.1, 0.15) is 5.01 Å². The number of aromatic nitrogens is 4. The molecule has 0 atom stereocenters. The second-order valence-corrected chi connectivity index (χ2v) is 4.84. The maximum Gasteiger partial charge on any atom is 0.208 e. The monoisotopic (exact) mass is 237 g/mol. The lowest BCUT2D eigenvalue weighted by Gasteiger charge is -2.14. The third-order valence-corrected chi connectivity index (χ3v) is 3.26. The Labute approximate surface area is 98.8 Å². The first-order valence-electron chi connectivity index (χ1n) is 5.22. The van der Waals surface area contributed by atoms with E-state index in [1.807, 2.05) is 26.5 Å². The Morgan fingerprint density at radius 1 is 1.44 bits per heavy atom. The van der Waals surface area contributed by atoms with Gasteiger partial charge in [0.25, 0.3) is 0 Å². The van der Waals surface area contributed by atoms with Crippen molar-refractivity contribution in [1.82, 2.24) is 19.7 Å². The highest BCUT2D eigenvalue weighted by Gasteiger charge is 2.05. The maximum atomic E-state index is 4.11. The summed E-state index contributed by atoms with van der Waals surface area (Å²) < 4.78 is 2.08. The number of imidazole rings is 1. The Kier molecular flexibility index (Phi) is 3.51. The predicted octanol–water partition coefficient (Wildman–Crippen LogP) is 1.57. The van der Waals surface area contributed by atoms with Gasteiger partial charge < -0.3 is 9.47 Å². The Morgan fingerprint density at radius 2 is 2.31 bits per heavy atom. The zero-order valence-corrected chi connectivity index (χ0v) is 10.3. The van der Waals surface area contributed by atoms with Crippen molar-refractivity contribution < 1.29 is 0 Å². The third kappa shape index (κ3) is 2.79. The first-order valence-corrected chi connectivity index (χ1v) is 6.04. The molecule has 0 N–H and O–H groups in total. The van der Waals surface area contributed by atoms with Crippen LogP contribution in [0.3, 0.4) is 0 Å². The Balaban J connectivity index is 1.78. The topological polar surface area (TPSA) is 46.8 Å². The van der Waals surface area contributed by atoms with Crippen molar-refractivity contribution in [2.45, 2.75) is 19.9 Å². The number of nitrogens with zero attached hydrogens (tertiary/aromatic N) is 5. The molecule has 0 spiro atoms. The quantitative estimate of drug-likeness (QED) is 0.792. The van der Waals surface area contributed by atoms with Crippen LogP contribution < -0.4 is 4.90 Å². The summed E-state index contributed by atoms with van der Waals surface area (Å²) in [5, 5.41) is 10.1. The molecule has 0 aliphatic heterocycles. The number of hydrogen-bond donors (Lipinski definition) is 0. The first kappa shape index (κ1) is 11.1. The van der Waals surface area contributed by atoms with Gasteiger partial charge in [-0.25, -0.2) is 4.98 Å². The summed E-state index contributed by atoms with van der Waals surface area (Å²) in [6, 6.07) is 0. The minimum atomic E-state index is 0.979. The second kappa shape index (κ2) is 5.07. The van der Waals surface area contributed by atoms with E-state index < -0.39 is 0 Å². The molecule has 2 rings (SSSR count). The maximum absolute atomic E-state index is 4.11. The molecule has 5 nitrogen and oxygen atoms in total. The van der Waals surface area contributed by atoms with Crippen LogP contribution in [0.5, 0.6) is 0 Å². The van der Waals surface area contributed by atoms with E-state index in [1.165, 1.54) is 0 Å². The number of anilines is 1. The molecule has 0 radical (unpaired) electrons. The van der Waals surface area contributed by atoms with Crippen molar-refractivity contribution in [2.24, 2.45) is 0 Å². The summed E-state index contributed by atoms with van der Waals surface area (Å²) in [5.41, 5.74) is 0. The Bertz CT molecular complexity index is 422. The molecule has 0 fully saturated rings. The molecule has 16 heavy (non-hydrogen) atoms. The lowest BCUT2D eigenvalue weighted by Crippen LogP contribution is -2.19. The van der Waals surface area contributed by atoms with Gasteiger partial charge in [0.05, 0.1) is 6.33 Å². The van der Waals surface area contributed by atoms with Crippen molar-refractivity contribution in [3.8, 4) is 0 Å². The molecule has 0 unspecified atom stereocenters. The van der Waals surface area contributed by atoms with E-state index in [-0.39, 0.29) is 0 Å². The van der Waals surface area contributed by atoms with Crippen LogP contribution in [-0.4, -0.2) is 33.3 Å². The molecule has 86 valence electrons. The van der Waals surface area contributed by atoms with Gasteiger partial charge in [-0.3, -0.25) is 0 Å². The molecule has 2 aromatic heterocycles. The van der Waals surface area contributed by atoms with E-state index in [1.54, 1.807) is 17.5 Å². The molecule has 0 aliphatic rings. The largest absolute Gasteiger partial charge is 0.350 e. The molecule has 6 heteroatoms. The fourth-order valence-corrected chi connectivity index (χ4v) is 2.12. The number of rotatable bonds is 5. The molecule has 0 aromatic carbocycles. The zero-order chi connectivity index (χ0) is 11.4. The lowest BCUT2D eigenvalue weighted by atomic mass is 10.4. The van der Waals surface area contributed by atoms with Gasteiger partial charge in [0, 0.05) is 32.5 Å². The average molecular weight is 237 g/mol. The van der Waals surface area contributed by atoms with Crippen LogP contribution in [0.4, 0.5) is 5.13 Å². The fraction of sp³-hybridized carbons (Fsp3) is 0.500. The van der Waals surface area contributed by atoms with E-state index in [0.717, 1.165) is 29.6 Å². The molecular formula is C10H15N5S. The molecule has 0 saturated heterocycles. The van der Waals surface area contributed by atoms with Crippen molar-refractivity contribution in [1.29, 1.82) is 0 Å². The summed E-state index contributed by atoms with van der Waals surface area (Å²) in [7, 11) is 2.05. The minimum Gasteiger partial charge on any atom is -0.350 e. The van der Waals surface area contributed by atoms with Crippen LogP contribution in [0.15, 0.2) is 18.7 Å². The fourth-order valence-electron chi connectivity index (χ4n) is 1.45. The Hall–Kier alpha value is -1.43. The molecule has 0 aliphatic carbocycles. The minimum absolute atomic E-state index is 0.979. The number of hydrogen-bond acceptors (Lipinski definition) is 5. The van der Waals surface area contributed by atoms with E-state index in [0.29, 0.717) is 0 Å². The van der Waals surface area contributed by atoms with Crippen LogP contribution in [0.25, 0.3) is 0 Å². The predicted molar refractivity (Wildman–Crippen MR) is 64.8 cm³/mol. The van der Waals surface area contributed by atoms with Gasteiger partial charge in [-0.1, -0.05) is 11.3 Å². The van der Waals surface area contributed by atoms with Crippen molar-refractivity contribution in [3.05, 3.63) is 23.7 Å². The number of aryl methyl sites for hydroxylation is 2. The van der Waals surface area contributed by atoms with Crippen molar-refractivity contribution in [2.75, 3.05) is 18.5 Å². The van der Waals surface area contributed by atoms with Crippen LogP contribution >= 0.6 is 11.3 Å². The van der Waals surface area contributed by atoms with Crippen molar-refractivity contribution in [3.63, 3.8) is 0 Å². The summed E-state index contributed by atoms with van der Waals surface area (Å²) >= 11 is 1.63. The highest BCUT2D eigenvalue weighted by Crippen LogP contribution is 2.17. The van der Waals surface area contributed by atoms with Crippen LogP contribution in [0.2, 0.25) is 0 Å². The van der Waals surface area contributed by atoms with Gasteiger partial charge in [0.2, 0.25) is 5.13 Å². The zero-order valence-electron chi connectivity index (χ0n) is 9.50.